The van der Waals surface area contributed by atoms with Crippen LogP contribution >= 0.6 is 11.8 Å². The summed E-state index contributed by atoms with van der Waals surface area (Å²) in [5.74, 6) is 2.32. The van der Waals surface area contributed by atoms with Crippen molar-refractivity contribution in [2.75, 3.05) is 12.5 Å². The number of ether oxygens (including phenoxy) is 2. The zero-order valence-electron chi connectivity index (χ0n) is 14.6. The number of amides is 1. The molecule has 4 rings (SSSR count). The lowest BCUT2D eigenvalue weighted by atomic mass is 10.2. The van der Waals surface area contributed by atoms with Crippen LogP contribution in [0.2, 0.25) is 0 Å². The Morgan fingerprint density at radius 1 is 1.22 bits per heavy atom. The first-order valence-electron chi connectivity index (χ1n) is 8.30. The third-order valence-electron chi connectivity index (χ3n) is 3.88. The molecule has 138 valence electrons. The number of thioether (sulfide) groups is 1. The standard InChI is InChI=1S/C18H17N5O3S/c1-12-8-23(10-20-12)16-4-5-18(22-21-16)27-9-17(24)19-7-13-2-3-14-15(6-13)26-11-25-14/h2-6,8,10H,7,9,11H2,1H3,(H,19,24). The van der Waals surface area contributed by atoms with Gasteiger partial charge in [-0.15, -0.1) is 10.2 Å². The van der Waals surface area contributed by atoms with Crippen molar-refractivity contribution in [1.29, 1.82) is 0 Å². The Labute approximate surface area is 159 Å². The number of nitrogens with zero attached hydrogens (tertiary/aromatic N) is 4. The highest BCUT2D eigenvalue weighted by atomic mass is 32.2. The molecule has 0 unspecified atom stereocenters. The number of fused-ring (bicyclic) bond motifs is 1. The lowest BCUT2D eigenvalue weighted by Gasteiger charge is -2.06. The fourth-order valence-corrected chi connectivity index (χ4v) is 3.16. The summed E-state index contributed by atoms with van der Waals surface area (Å²) < 4.78 is 12.4. The van der Waals surface area contributed by atoms with Crippen molar-refractivity contribution >= 4 is 17.7 Å². The van der Waals surface area contributed by atoms with Gasteiger partial charge in [0.15, 0.2) is 17.3 Å². The summed E-state index contributed by atoms with van der Waals surface area (Å²) in [5, 5.41) is 11.9. The second-order valence-electron chi connectivity index (χ2n) is 5.91. The highest BCUT2D eigenvalue weighted by molar-refractivity contribution is 7.99. The minimum atomic E-state index is -0.0752. The Morgan fingerprint density at radius 2 is 2.11 bits per heavy atom. The van der Waals surface area contributed by atoms with E-state index in [2.05, 4.69) is 20.5 Å². The summed E-state index contributed by atoms with van der Waals surface area (Å²) in [5.41, 5.74) is 1.87. The van der Waals surface area contributed by atoms with Gasteiger partial charge in [-0.2, -0.15) is 0 Å². The van der Waals surface area contributed by atoms with Crippen molar-refractivity contribution < 1.29 is 14.3 Å². The second-order valence-corrected chi connectivity index (χ2v) is 6.90. The van der Waals surface area contributed by atoms with E-state index < -0.39 is 0 Å². The van der Waals surface area contributed by atoms with E-state index >= 15 is 0 Å². The van der Waals surface area contributed by atoms with Gasteiger partial charge in [0.05, 0.1) is 11.4 Å². The molecule has 0 aliphatic carbocycles. The van der Waals surface area contributed by atoms with Crippen LogP contribution in [0.4, 0.5) is 0 Å². The quantitative estimate of drug-likeness (QED) is 0.652. The van der Waals surface area contributed by atoms with Gasteiger partial charge in [-0.25, -0.2) is 4.98 Å². The van der Waals surface area contributed by atoms with Crippen molar-refractivity contribution in [3.05, 3.63) is 54.1 Å². The molecule has 3 heterocycles. The van der Waals surface area contributed by atoms with Gasteiger partial charge in [0.2, 0.25) is 12.7 Å². The summed E-state index contributed by atoms with van der Waals surface area (Å²) in [7, 11) is 0. The zero-order chi connectivity index (χ0) is 18.6. The van der Waals surface area contributed by atoms with Gasteiger partial charge >= 0.3 is 0 Å². The first-order chi connectivity index (χ1) is 13.2. The third kappa shape index (κ3) is 4.20. The molecule has 3 aromatic rings. The molecule has 9 heteroatoms. The van der Waals surface area contributed by atoms with Gasteiger partial charge in [-0.05, 0) is 36.8 Å². The number of aromatic nitrogens is 4. The lowest BCUT2D eigenvalue weighted by Crippen LogP contribution is -2.24. The number of carbonyl (C=O) groups is 1. The molecule has 1 N–H and O–H groups in total. The predicted molar refractivity (Wildman–Crippen MR) is 99.0 cm³/mol. The fraction of sp³-hybridized carbons (Fsp3) is 0.222. The largest absolute Gasteiger partial charge is 0.454 e. The molecule has 1 amide bonds. The Balaban J connectivity index is 1.26. The molecule has 0 spiro atoms. The van der Waals surface area contributed by atoms with E-state index in [1.165, 1.54) is 11.8 Å². The fourth-order valence-electron chi connectivity index (χ4n) is 2.52. The first-order valence-corrected chi connectivity index (χ1v) is 9.29. The monoisotopic (exact) mass is 383 g/mol. The molecule has 1 aromatic carbocycles. The summed E-state index contributed by atoms with van der Waals surface area (Å²) >= 11 is 1.34. The van der Waals surface area contributed by atoms with Crippen LogP contribution in [0.3, 0.4) is 0 Å². The van der Waals surface area contributed by atoms with Crippen molar-refractivity contribution in [1.82, 2.24) is 25.1 Å². The molecule has 0 atom stereocenters. The molecule has 0 fully saturated rings. The highest BCUT2D eigenvalue weighted by Gasteiger charge is 2.13. The first kappa shape index (κ1) is 17.3. The Kier molecular flexibility index (Phi) is 4.93. The molecule has 2 aromatic heterocycles. The van der Waals surface area contributed by atoms with Crippen molar-refractivity contribution in [2.45, 2.75) is 18.5 Å². The number of hydrogen-bond donors (Lipinski definition) is 1. The number of benzene rings is 1. The SMILES string of the molecule is Cc1cn(-c2ccc(SCC(=O)NCc3ccc4c(c3)OCO4)nn2)cn1. The maximum absolute atomic E-state index is 12.1. The van der Waals surface area contributed by atoms with E-state index in [0.29, 0.717) is 23.1 Å². The number of aryl methyl sites for hydroxylation is 1. The number of imidazole rings is 1. The van der Waals surface area contributed by atoms with Crippen LogP contribution in [-0.2, 0) is 11.3 Å². The Hall–Kier alpha value is -3.07. The van der Waals surface area contributed by atoms with Crippen LogP contribution in [0.25, 0.3) is 5.82 Å². The Bertz CT molecular complexity index is 958. The minimum absolute atomic E-state index is 0.0752. The molecule has 8 nitrogen and oxygen atoms in total. The maximum Gasteiger partial charge on any atom is 0.231 e. The zero-order valence-corrected chi connectivity index (χ0v) is 15.4. The molecular formula is C18H17N5O3S. The summed E-state index contributed by atoms with van der Waals surface area (Å²) in [6.45, 7) is 2.58. The van der Waals surface area contributed by atoms with Crippen LogP contribution in [0.15, 0.2) is 47.9 Å². The van der Waals surface area contributed by atoms with Gasteiger partial charge in [-0.1, -0.05) is 17.8 Å². The average Bonchev–Trinajstić information content (AvgIpc) is 3.33. The Morgan fingerprint density at radius 3 is 2.89 bits per heavy atom. The minimum Gasteiger partial charge on any atom is -0.454 e. The van der Waals surface area contributed by atoms with E-state index in [4.69, 9.17) is 9.47 Å². The van der Waals surface area contributed by atoms with Gasteiger partial charge in [-0.3, -0.25) is 9.36 Å². The van der Waals surface area contributed by atoms with Crippen molar-refractivity contribution in [3.8, 4) is 17.3 Å². The third-order valence-corrected chi connectivity index (χ3v) is 4.80. The molecule has 1 aliphatic rings. The maximum atomic E-state index is 12.1. The lowest BCUT2D eigenvalue weighted by molar-refractivity contribution is -0.118. The molecule has 27 heavy (non-hydrogen) atoms. The van der Waals surface area contributed by atoms with Crippen LogP contribution < -0.4 is 14.8 Å². The molecule has 0 saturated carbocycles. The number of rotatable bonds is 6. The van der Waals surface area contributed by atoms with E-state index in [0.717, 1.165) is 17.0 Å². The molecular weight excluding hydrogens is 366 g/mol. The number of hydrogen-bond acceptors (Lipinski definition) is 7. The molecule has 0 bridgehead atoms. The summed E-state index contributed by atoms with van der Waals surface area (Å²) in [6.07, 6.45) is 3.57. The van der Waals surface area contributed by atoms with Crippen molar-refractivity contribution in [2.24, 2.45) is 0 Å². The second kappa shape index (κ2) is 7.67. The van der Waals surface area contributed by atoms with E-state index in [-0.39, 0.29) is 18.5 Å². The summed E-state index contributed by atoms with van der Waals surface area (Å²) in [6, 6.07) is 9.31. The average molecular weight is 383 g/mol. The highest BCUT2D eigenvalue weighted by Crippen LogP contribution is 2.32. The van der Waals surface area contributed by atoms with Gasteiger partial charge in [0.1, 0.15) is 11.4 Å². The van der Waals surface area contributed by atoms with Gasteiger partial charge in [0, 0.05) is 12.7 Å². The van der Waals surface area contributed by atoms with Crippen LogP contribution in [0.5, 0.6) is 11.5 Å². The normalized spacial score (nSPS) is 12.2. The molecule has 0 radical (unpaired) electrons. The van der Waals surface area contributed by atoms with Crippen LogP contribution in [0, 0.1) is 6.92 Å². The van der Waals surface area contributed by atoms with E-state index in [9.17, 15) is 4.79 Å². The van der Waals surface area contributed by atoms with Crippen LogP contribution in [-0.4, -0.2) is 38.2 Å². The summed E-state index contributed by atoms with van der Waals surface area (Å²) in [4.78, 5) is 16.2. The molecule has 0 saturated heterocycles. The molecule has 1 aliphatic heterocycles. The van der Waals surface area contributed by atoms with Crippen molar-refractivity contribution in [3.63, 3.8) is 0 Å². The topological polar surface area (TPSA) is 91.2 Å². The van der Waals surface area contributed by atoms with Crippen LogP contribution in [0.1, 0.15) is 11.3 Å². The number of nitrogens with one attached hydrogen (secondary N) is 1. The van der Waals surface area contributed by atoms with Gasteiger partial charge in [0.25, 0.3) is 0 Å². The van der Waals surface area contributed by atoms with Gasteiger partial charge < -0.3 is 14.8 Å². The predicted octanol–water partition coefficient (Wildman–Crippen LogP) is 2.11. The number of carbonyl (C=O) groups excluding carboxylic acids is 1. The smallest absolute Gasteiger partial charge is 0.231 e. The van der Waals surface area contributed by atoms with E-state index in [1.54, 1.807) is 10.9 Å². The van der Waals surface area contributed by atoms with E-state index in [1.807, 2.05) is 43.5 Å².